The molecule has 4 nitrogen and oxygen atoms in total. The number of nitrogens with zero attached hydrogens (tertiary/aromatic N) is 1. The van der Waals surface area contributed by atoms with Gasteiger partial charge in [0.25, 0.3) is 0 Å². The molecule has 2 rings (SSSR count). The van der Waals surface area contributed by atoms with Gasteiger partial charge in [0.2, 0.25) is 0 Å². The SMILES string of the molecule is CC1CC1(C(=O)O)C1(O)CCCN(C)CC1. The van der Waals surface area contributed by atoms with Crippen molar-refractivity contribution in [2.75, 3.05) is 20.1 Å². The molecule has 0 radical (unpaired) electrons. The fraction of sp³-hybridized carbons (Fsp3) is 0.917. The summed E-state index contributed by atoms with van der Waals surface area (Å²) < 4.78 is 0. The van der Waals surface area contributed by atoms with E-state index in [0.717, 1.165) is 19.5 Å². The van der Waals surface area contributed by atoms with Crippen LogP contribution in [0.5, 0.6) is 0 Å². The molecule has 2 aliphatic rings. The molecule has 2 fully saturated rings. The minimum atomic E-state index is -0.997. The molecule has 1 heterocycles. The molecule has 92 valence electrons. The lowest BCUT2D eigenvalue weighted by molar-refractivity contribution is -0.158. The van der Waals surface area contributed by atoms with Crippen LogP contribution in [0.2, 0.25) is 0 Å². The monoisotopic (exact) mass is 227 g/mol. The molecule has 1 aliphatic carbocycles. The van der Waals surface area contributed by atoms with Gasteiger partial charge in [0.15, 0.2) is 0 Å². The van der Waals surface area contributed by atoms with Gasteiger partial charge in [-0.25, -0.2) is 0 Å². The molecule has 3 atom stereocenters. The van der Waals surface area contributed by atoms with Gasteiger partial charge in [-0.2, -0.15) is 0 Å². The highest BCUT2D eigenvalue weighted by atomic mass is 16.4. The Morgan fingerprint density at radius 1 is 1.38 bits per heavy atom. The van der Waals surface area contributed by atoms with E-state index in [-0.39, 0.29) is 5.92 Å². The van der Waals surface area contributed by atoms with Crippen molar-refractivity contribution in [3.63, 3.8) is 0 Å². The Labute approximate surface area is 96.3 Å². The zero-order valence-electron chi connectivity index (χ0n) is 10.1. The van der Waals surface area contributed by atoms with Crippen molar-refractivity contribution in [2.24, 2.45) is 11.3 Å². The van der Waals surface area contributed by atoms with Crippen LogP contribution in [0.3, 0.4) is 0 Å². The topological polar surface area (TPSA) is 60.8 Å². The molecule has 16 heavy (non-hydrogen) atoms. The van der Waals surface area contributed by atoms with Crippen molar-refractivity contribution in [3.8, 4) is 0 Å². The van der Waals surface area contributed by atoms with Crippen molar-refractivity contribution in [1.29, 1.82) is 0 Å². The first-order chi connectivity index (χ1) is 7.42. The van der Waals surface area contributed by atoms with Gasteiger partial charge in [-0.3, -0.25) is 4.79 Å². The van der Waals surface area contributed by atoms with Gasteiger partial charge in [0.1, 0.15) is 0 Å². The van der Waals surface area contributed by atoms with Crippen LogP contribution in [0.25, 0.3) is 0 Å². The van der Waals surface area contributed by atoms with Crippen LogP contribution >= 0.6 is 0 Å². The van der Waals surface area contributed by atoms with E-state index in [1.807, 2.05) is 14.0 Å². The van der Waals surface area contributed by atoms with Crippen molar-refractivity contribution < 1.29 is 15.0 Å². The van der Waals surface area contributed by atoms with Gasteiger partial charge in [-0.15, -0.1) is 0 Å². The summed E-state index contributed by atoms with van der Waals surface area (Å²) in [5, 5.41) is 20.1. The minimum Gasteiger partial charge on any atom is -0.481 e. The highest BCUT2D eigenvalue weighted by molar-refractivity contribution is 5.80. The lowest BCUT2D eigenvalue weighted by atomic mass is 9.77. The Kier molecular flexibility index (Phi) is 2.75. The van der Waals surface area contributed by atoms with Crippen molar-refractivity contribution in [3.05, 3.63) is 0 Å². The third-order valence-electron chi connectivity index (χ3n) is 4.56. The van der Waals surface area contributed by atoms with Crippen LogP contribution in [0.15, 0.2) is 0 Å². The summed E-state index contributed by atoms with van der Waals surface area (Å²) in [7, 11) is 2.02. The Morgan fingerprint density at radius 2 is 2.00 bits per heavy atom. The molecule has 0 bridgehead atoms. The molecule has 1 saturated heterocycles. The van der Waals surface area contributed by atoms with Crippen molar-refractivity contribution in [1.82, 2.24) is 4.90 Å². The number of carboxylic acid groups (broad SMARTS) is 1. The number of carboxylic acids is 1. The van der Waals surface area contributed by atoms with Gasteiger partial charge in [0, 0.05) is 6.54 Å². The number of rotatable bonds is 2. The zero-order valence-corrected chi connectivity index (χ0v) is 10.1. The molecule has 0 aromatic rings. The Bertz CT molecular complexity index is 307. The first-order valence-electron chi connectivity index (χ1n) is 6.07. The van der Waals surface area contributed by atoms with Crippen LogP contribution in [0.4, 0.5) is 0 Å². The van der Waals surface area contributed by atoms with Gasteiger partial charge in [-0.05, 0) is 45.2 Å². The molecule has 0 amide bonds. The fourth-order valence-corrected chi connectivity index (χ4v) is 3.27. The number of likely N-dealkylation sites (tertiary alicyclic amines) is 1. The van der Waals surface area contributed by atoms with E-state index in [4.69, 9.17) is 0 Å². The van der Waals surface area contributed by atoms with Crippen LogP contribution in [-0.4, -0.2) is 46.8 Å². The first kappa shape index (κ1) is 11.9. The number of aliphatic carboxylic acids is 1. The largest absolute Gasteiger partial charge is 0.481 e. The molecule has 0 aromatic carbocycles. The number of hydrogen-bond donors (Lipinski definition) is 2. The zero-order chi connectivity index (χ0) is 12.0. The van der Waals surface area contributed by atoms with Gasteiger partial charge >= 0.3 is 5.97 Å². The maximum atomic E-state index is 11.4. The molecule has 3 unspecified atom stereocenters. The summed E-state index contributed by atoms with van der Waals surface area (Å²) in [6.45, 7) is 3.67. The summed E-state index contributed by atoms with van der Waals surface area (Å²) in [5.74, 6) is -0.703. The smallest absolute Gasteiger partial charge is 0.312 e. The minimum absolute atomic E-state index is 0.110. The first-order valence-corrected chi connectivity index (χ1v) is 6.07. The Balaban J connectivity index is 2.21. The van der Waals surface area contributed by atoms with Crippen LogP contribution < -0.4 is 0 Å². The highest BCUT2D eigenvalue weighted by Crippen LogP contribution is 2.62. The third-order valence-corrected chi connectivity index (χ3v) is 4.56. The highest BCUT2D eigenvalue weighted by Gasteiger charge is 2.69. The molecule has 0 spiro atoms. The van der Waals surface area contributed by atoms with E-state index >= 15 is 0 Å². The van der Waals surface area contributed by atoms with Crippen molar-refractivity contribution in [2.45, 2.75) is 38.2 Å². The number of carbonyl (C=O) groups is 1. The maximum absolute atomic E-state index is 11.4. The quantitative estimate of drug-likeness (QED) is 0.737. The van der Waals surface area contributed by atoms with E-state index in [1.54, 1.807) is 0 Å². The van der Waals surface area contributed by atoms with Crippen LogP contribution in [0, 0.1) is 11.3 Å². The average molecular weight is 227 g/mol. The maximum Gasteiger partial charge on any atom is 0.312 e. The van der Waals surface area contributed by atoms with Gasteiger partial charge < -0.3 is 15.1 Å². The average Bonchev–Trinajstić information content (AvgIpc) is 2.90. The number of aliphatic hydroxyl groups is 1. The van der Waals surface area contributed by atoms with Gasteiger partial charge in [-0.1, -0.05) is 6.92 Å². The Morgan fingerprint density at radius 3 is 2.50 bits per heavy atom. The Hall–Kier alpha value is -0.610. The second-order valence-corrected chi connectivity index (χ2v) is 5.57. The number of hydrogen-bond acceptors (Lipinski definition) is 3. The molecule has 2 N–H and O–H groups in total. The van der Waals surface area contributed by atoms with E-state index in [0.29, 0.717) is 19.3 Å². The lowest BCUT2D eigenvalue weighted by Gasteiger charge is -2.34. The summed E-state index contributed by atoms with van der Waals surface area (Å²) in [6, 6.07) is 0. The summed E-state index contributed by atoms with van der Waals surface area (Å²) >= 11 is 0. The summed E-state index contributed by atoms with van der Waals surface area (Å²) in [4.78, 5) is 13.6. The van der Waals surface area contributed by atoms with Gasteiger partial charge in [0.05, 0.1) is 11.0 Å². The molecule has 1 aliphatic heterocycles. The fourth-order valence-electron chi connectivity index (χ4n) is 3.27. The third kappa shape index (κ3) is 1.55. The normalized spacial score (nSPS) is 45.1. The van der Waals surface area contributed by atoms with E-state index in [1.165, 1.54) is 0 Å². The van der Waals surface area contributed by atoms with Crippen LogP contribution in [-0.2, 0) is 4.79 Å². The second-order valence-electron chi connectivity index (χ2n) is 5.57. The van der Waals surface area contributed by atoms with Crippen molar-refractivity contribution >= 4 is 5.97 Å². The predicted molar refractivity (Wildman–Crippen MR) is 60.1 cm³/mol. The van der Waals surface area contributed by atoms with E-state index < -0.39 is 17.0 Å². The van der Waals surface area contributed by atoms with E-state index in [9.17, 15) is 15.0 Å². The molecule has 4 heteroatoms. The molecule has 1 saturated carbocycles. The molecular formula is C12H21NO3. The molecule has 0 aromatic heterocycles. The standard InChI is InChI=1S/C12H21NO3/c1-9-8-12(9,10(14)15)11(16)4-3-6-13(2)7-5-11/h9,16H,3-8H2,1-2H3,(H,14,15). The summed E-state index contributed by atoms with van der Waals surface area (Å²) in [5.41, 5.74) is -1.86. The van der Waals surface area contributed by atoms with E-state index in [2.05, 4.69) is 4.90 Å². The summed E-state index contributed by atoms with van der Waals surface area (Å²) in [6.07, 6.45) is 2.71. The predicted octanol–water partition coefficient (Wildman–Crippen LogP) is 0.944. The second kappa shape index (κ2) is 3.70. The van der Waals surface area contributed by atoms with Crippen LogP contribution in [0.1, 0.15) is 32.6 Å². The lowest BCUT2D eigenvalue weighted by Crippen LogP contribution is -2.46. The molecular weight excluding hydrogens is 206 g/mol.